The van der Waals surface area contributed by atoms with Gasteiger partial charge >= 0.3 is 6.03 Å². The van der Waals surface area contributed by atoms with Crippen molar-refractivity contribution in [2.24, 2.45) is 0 Å². The third-order valence-corrected chi connectivity index (χ3v) is 3.83. The van der Waals surface area contributed by atoms with Crippen LogP contribution in [0.25, 0.3) is 0 Å². The predicted molar refractivity (Wildman–Crippen MR) is 89.0 cm³/mol. The van der Waals surface area contributed by atoms with Gasteiger partial charge in [0, 0.05) is 35.9 Å². The van der Waals surface area contributed by atoms with Gasteiger partial charge in [-0.05, 0) is 29.3 Å². The Bertz CT molecular complexity index is 629. The maximum Gasteiger partial charge on any atom is 0.315 e. The molecule has 0 unspecified atom stereocenters. The van der Waals surface area contributed by atoms with Gasteiger partial charge in [0.25, 0.3) is 0 Å². The highest BCUT2D eigenvalue weighted by Crippen LogP contribution is 2.28. The Morgan fingerprint density at radius 2 is 1.82 bits per heavy atom. The molecule has 4 nitrogen and oxygen atoms in total. The summed E-state index contributed by atoms with van der Waals surface area (Å²) in [6, 6.07) is 11.2. The molecule has 0 saturated heterocycles. The van der Waals surface area contributed by atoms with Crippen molar-refractivity contribution in [3.63, 3.8) is 0 Å². The molecule has 1 aromatic carbocycles. The van der Waals surface area contributed by atoms with E-state index < -0.39 is 0 Å². The molecule has 0 aliphatic carbocycles. The Morgan fingerprint density at radius 3 is 2.50 bits per heavy atom. The minimum atomic E-state index is -0.244. The standard InChI is InChI=1S/C17H20ClN3O/c1-17(2,14-5-3-4-6-15(14)18)12-21-16(22)20-11-13-7-9-19-10-8-13/h3-10H,11-12H2,1-2H3,(H2,20,21,22). The number of rotatable bonds is 5. The van der Waals surface area contributed by atoms with Crippen LogP contribution in [0.3, 0.4) is 0 Å². The maximum absolute atomic E-state index is 11.9. The van der Waals surface area contributed by atoms with Gasteiger partial charge in [-0.1, -0.05) is 43.6 Å². The Balaban J connectivity index is 1.86. The molecule has 0 bridgehead atoms. The highest BCUT2D eigenvalue weighted by Gasteiger charge is 2.23. The molecular formula is C17H20ClN3O. The van der Waals surface area contributed by atoms with Crippen molar-refractivity contribution < 1.29 is 4.79 Å². The lowest BCUT2D eigenvalue weighted by Gasteiger charge is -2.26. The summed E-state index contributed by atoms with van der Waals surface area (Å²) in [6.07, 6.45) is 3.41. The third kappa shape index (κ3) is 4.46. The number of pyridine rings is 1. The van der Waals surface area contributed by atoms with Crippen molar-refractivity contribution in [2.45, 2.75) is 25.8 Å². The van der Waals surface area contributed by atoms with Crippen molar-refractivity contribution >= 4 is 17.6 Å². The predicted octanol–water partition coefficient (Wildman–Crippen LogP) is 3.51. The topological polar surface area (TPSA) is 54.0 Å². The van der Waals surface area contributed by atoms with E-state index in [1.165, 1.54) is 0 Å². The van der Waals surface area contributed by atoms with E-state index in [0.717, 1.165) is 11.1 Å². The highest BCUT2D eigenvalue weighted by atomic mass is 35.5. The third-order valence-electron chi connectivity index (χ3n) is 3.50. The number of nitrogens with zero attached hydrogens (tertiary/aromatic N) is 1. The second kappa shape index (κ2) is 7.27. The van der Waals surface area contributed by atoms with E-state index in [1.54, 1.807) is 12.4 Å². The number of carbonyl (C=O) groups is 1. The summed E-state index contributed by atoms with van der Waals surface area (Å²) in [5.41, 5.74) is 1.79. The lowest BCUT2D eigenvalue weighted by molar-refractivity contribution is 0.238. The molecule has 0 aliphatic heterocycles. The molecule has 116 valence electrons. The van der Waals surface area contributed by atoms with Crippen LogP contribution in [0.15, 0.2) is 48.8 Å². The zero-order valence-electron chi connectivity index (χ0n) is 12.8. The van der Waals surface area contributed by atoms with Gasteiger partial charge < -0.3 is 10.6 Å². The molecule has 0 saturated carbocycles. The molecule has 2 amide bonds. The first-order valence-electron chi connectivity index (χ1n) is 7.15. The van der Waals surface area contributed by atoms with E-state index in [4.69, 9.17) is 11.6 Å². The minimum Gasteiger partial charge on any atom is -0.337 e. The molecule has 2 aromatic rings. The van der Waals surface area contributed by atoms with Crippen LogP contribution in [0.1, 0.15) is 25.0 Å². The van der Waals surface area contributed by atoms with Gasteiger partial charge in [-0.25, -0.2) is 4.79 Å². The van der Waals surface area contributed by atoms with E-state index >= 15 is 0 Å². The van der Waals surface area contributed by atoms with E-state index in [1.807, 2.05) is 36.4 Å². The van der Waals surface area contributed by atoms with Crippen molar-refractivity contribution in [3.8, 4) is 0 Å². The number of hydrogen-bond acceptors (Lipinski definition) is 2. The van der Waals surface area contributed by atoms with Crippen molar-refractivity contribution in [2.75, 3.05) is 6.54 Å². The Morgan fingerprint density at radius 1 is 1.14 bits per heavy atom. The Hall–Kier alpha value is -2.07. The van der Waals surface area contributed by atoms with Crippen LogP contribution in [0.5, 0.6) is 0 Å². The molecule has 2 N–H and O–H groups in total. The second-order valence-corrected chi connectivity index (χ2v) is 6.16. The molecule has 2 rings (SSSR count). The van der Waals surface area contributed by atoms with Gasteiger partial charge in [0.15, 0.2) is 0 Å². The minimum absolute atomic E-state index is 0.197. The monoisotopic (exact) mass is 317 g/mol. The summed E-state index contributed by atoms with van der Waals surface area (Å²) >= 11 is 6.23. The second-order valence-electron chi connectivity index (χ2n) is 5.76. The Kier molecular flexibility index (Phi) is 5.39. The zero-order valence-corrected chi connectivity index (χ0v) is 13.5. The molecule has 1 aromatic heterocycles. The smallest absolute Gasteiger partial charge is 0.315 e. The van der Waals surface area contributed by atoms with Gasteiger partial charge in [0.2, 0.25) is 0 Å². The highest BCUT2D eigenvalue weighted by molar-refractivity contribution is 6.31. The van der Waals surface area contributed by atoms with Gasteiger partial charge in [-0.2, -0.15) is 0 Å². The van der Waals surface area contributed by atoms with E-state index in [2.05, 4.69) is 29.5 Å². The first kappa shape index (κ1) is 16.3. The van der Waals surface area contributed by atoms with Crippen molar-refractivity contribution in [3.05, 3.63) is 64.9 Å². The molecule has 22 heavy (non-hydrogen) atoms. The average Bonchev–Trinajstić information content (AvgIpc) is 2.52. The van der Waals surface area contributed by atoms with Gasteiger partial charge in [-0.3, -0.25) is 4.98 Å². The summed E-state index contributed by atoms with van der Waals surface area (Å²) in [5.74, 6) is 0. The van der Waals surface area contributed by atoms with Crippen LogP contribution in [0.4, 0.5) is 4.79 Å². The number of carbonyl (C=O) groups excluding carboxylic acids is 1. The number of nitrogens with one attached hydrogen (secondary N) is 2. The molecule has 0 radical (unpaired) electrons. The molecular weight excluding hydrogens is 298 g/mol. The molecule has 0 fully saturated rings. The number of urea groups is 1. The maximum atomic E-state index is 11.9. The lowest BCUT2D eigenvalue weighted by Crippen LogP contribution is -2.42. The lowest BCUT2D eigenvalue weighted by atomic mass is 9.84. The summed E-state index contributed by atoms with van der Waals surface area (Å²) in [6.45, 7) is 5.08. The quantitative estimate of drug-likeness (QED) is 0.886. The van der Waals surface area contributed by atoms with E-state index in [0.29, 0.717) is 18.1 Å². The van der Waals surface area contributed by atoms with Crippen LogP contribution in [0.2, 0.25) is 5.02 Å². The van der Waals surface area contributed by atoms with E-state index in [9.17, 15) is 4.79 Å². The largest absolute Gasteiger partial charge is 0.337 e. The van der Waals surface area contributed by atoms with Crippen LogP contribution in [-0.4, -0.2) is 17.6 Å². The number of aromatic nitrogens is 1. The fraction of sp³-hybridized carbons (Fsp3) is 0.294. The van der Waals surface area contributed by atoms with Crippen molar-refractivity contribution in [1.29, 1.82) is 0 Å². The fourth-order valence-corrected chi connectivity index (χ4v) is 2.54. The number of benzene rings is 1. The normalized spacial score (nSPS) is 11.0. The number of hydrogen-bond donors (Lipinski definition) is 2. The summed E-state index contributed by atoms with van der Waals surface area (Å²) in [7, 11) is 0. The van der Waals surface area contributed by atoms with Crippen LogP contribution < -0.4 is 10.6 Å². The van der Waals surface area contributed by atoms with E-state index in [-0.39, 0.29) is 11.4 Å². The summed E-state index contributed by atoms with van der Waals surface area (Å²) in [5, 5.41) is 6.44. The SMILES string of the molecule is CC(C)(CNC(=O)NCc1ccncc1)c1ccccc1Cl. The fourth-order valence-electron chi connectivity index (χ4n) is 2.15. The number of halogens is 1. The Labute approximate surface area is 135 Å². The average molecular weight is 318 g/mol. The number of amides is 2. The van der Waals surface area contributed by atoms with Gasteiger partial charge in [-0.15, -0.1) is 0 Å². The summed E-state index contributed by atoms with van der Waals surface area (Å²) < 4.78 is 0. The first-order chi connectivity index (χ1) is 10.5. The molecule has 0 spiro atoms. The summed E-state index contributed by atoms with van der Waals surface area (Å²) in [4.78, 5) is 15.9. The molecule has 0 aliphatic rings. The first-order valence-corrected chi connectivity index (χ1v) is 7.52. The van der Waals surface area contributed by atoms with Gasteiger partial charge in [0.05, 0.1) is 0 Å². The molecule has 5 heteroatoms. The van der Waals surface area contributed by atoms with Crippen LogP contribution in [0, 0.1) is 0 Å². The molecule has 0 atom stereocenters. The molecule has 1 heterocycles. The van der Waals surface area contributed by atoms with Crippen molar-refractivity contribution in [1.82, 2.24) is 15.6 Å². The zero-order chi connectivity index (χ0) is 16.0. The van der Waals surface area contributed by atoms with Crippen LogP contribution >= 0.6 is 11.6 Å². The van der Waals surface area contributed by atoms with Crippen LogP contribution in [-0.2, 0) is 12.0 Å². The van der Waals surface area contributed by atoms with Gasteiger partial charge in [0.1, 0.15) is 0 Å².